The lowest BCUT2D eigenvalue weighted by Gasteiger charge is -2.22. The topological polar surface area (TPSA) is 30.3 Å². The van der Waals surface area contributed by atoms with Crippen LogP contribution in [0, 0.1) is 17.2 Å². The fourth-order valence-electron chi connectivity index (χ4n) is 2.60. The zero-order valence-corrected chi connectivity index (χ0v) is 11.0. The highest BCUT2D eigenvalue weighted by molar-refractivity contribution is 5.14. The van der Waals surface area contributed by atoms with Crippen LogP contribution in [-0.2, 0) is 6.54 Å². The minimum atomic E-state index is 0.478. The number of likely N-dealkylation sites (N-methyl/N-ethyl adjacent to an activating group) is 1. The van der Waals surface area contributed by atoms with Crippen LogP contribution in [0.1, 0.15) is 12.0 Å². The molecule has 0 saturated carbocycles. The summed E-state index contributed by atoms with van der Waals surface area (Å²) in [6.07, 6.45) is 0.662. The van der Waals surface area contributed by atoms with E-state index in [1.165, 1.54) is 5.56 Å². The van der Waals surface area contributed by atoms with E-state index in [1.54, 1.807) is 0 Å². The van der Waals surface area contributed by atoms with Gasteiger partial charge in [-0.3, -0.25) is 4.90 Å². The molecule has 1 fully saturated rings. The minimum Gasteiger partial charge on any atom is -0.305 e. The first kappa shape index (κ1) is 13.1. The van der Waals surface area contributed by atoms with E-state index in [9.17, 15) is 0 Å². The molecule has 1 aromatic carbocycles. The first-order valence-electron chi connectivity index (χ1n) is 6.59. The van der Waals surface area contributed by atoms with Gasteiger partial charge in [0.15, 0.2) is 0 Å². The summed E-state index contributed by atoms with van der Waals surface area (Å²) in [6.45, 7) is 5.25. The lowest BCUT2D eigenvalue weighted by molar-refractivity contribution is 0.251. The number of rotatable bonds is 3. The number of nitrogens with zero attached hydrogens (tertiary/aromatic N) is 3. The van der Waals surface area contributed by atoms with E-state index in [0.29, 0.717) is 12.3 Å². The van der Waals surface area contributed by atoms with Gasteiger partial charge in [-0.25, -0.2) is 0 Å². The van der Waals surface area contributed by atoms with Crippen LogP contribution in [0.25, 0.3) is 0 Å². The fourth-order valence-corrected chi connectivity index (χ4v) is 2.60. The first-order valence-corrected chi connectivity index (χ1v) is 6.59. The van der Waals surface area contributed by atoms with Crippen molar-refractivity contribution >= 4 is 0 Å². The average molecular weight is 243 g/mol. The van der Waals surface area contributed by atoms with Gasteiger partial charge < -0.3 is 4.90 Å². The molecule has 96 valence electrons. The SMILES string of the molecule is CN1CCN(Cc2ccccc2)CC(CC#N)C1. The van der Waals surface area contributed by atoms with Crippen molar-refractivity contribution in [3.05, 3.63) is 35.9 Å². The molecule has 0 spiro atoms. The second kappa shape index (κ2) is 6.53. The third kappa shape index (κ3) is 3.83. The third-order valence-corrected chi connectivity index (χ3v) is 3.51. The van der Waals surface area contributed by atoms with Gasteiger partial charge in [-0.2, -0.15) is 5.26 Å². The maximum Gasteiger partial charge on any atom is 0.0625 e. The molecular formula is C15H21N3. The Morgan fingerprint density at radius 2 is 2.00 bits per heavy atom. The number of hydrogen-bond acceptors (Lipinski definition) is 3. The van der Waals surface area contributed by atoms with E-state index >= 15 is 0 Å². The Morgan fingerprint density at radius 1 is 1.22 bits per heavy atom. The molecule has 0 N–H and O–H groups in total. The molecule has 0 aliphatic carbocycles. The van der Waals surface area contributed by atoms with Crippen LogP contribution < -0.4 is 0 Å². The van der Waals surface area contributed by atoms with Crippen molar-refractivity contribution in [1.29, 1.82) is 5.26 Å². The average Bonchev–Trinajstić information content (AvgIpc) is 2.53. The Hall–Kier alpha value is -1.37. The Bertz CT molecular complexity index is 396. The van der Waals surface area contributed by atoms with Crippen molar-refractivity contribution in [3.63, 3.8) is 0 Å². The molecule has 1 heterocycles. The molecule has 1 saturated heterocycles. The molecule has 2 rings (SSSR count). The van der Waals surface area contributed by atoms with Crippen molar-refractivity contribution in [3.8, 4) is 6.07 Å². The molecule has 1 aliphatic heterocycles. The molecule has 1 atom stereocenters. The molecule has 3 nitrogen and oxygen atoms in total. The highest BCUT2D eigenvalue weighted by Crippen LogP contribution is 2.14. The van der Waals surface area contributed by atoms with Crippen LogP contribution in [0.5, 0.6) is 0 Å². The Balaban J connectivity index is 1.97. The van der Waals surface area contributed by atoms with Gasteiger partial charge in [-0.1, -0.05) is 30.3 Å². The predicted molar refractivity (Wildman–Crippen MR) is 72.9 cm³/mol. The van der Waals surface area contributed by atoms with Crippen LogP contribution in [0.2, 0.25) is 0 Å². The van der Waals surface area contributed by atoms with Gasteiger partial charge >= 0.3 is 0 Å². The van der Waals surface area contributed by atoms with Crippen molar-refractivity contribution in [2.24, 2.45) is 5.92 Å². The van der Waals surface area contributed by atoms with E-state index in [0.717, 1.165) is 32.7 Å². The summed E-state index contributed by atoms with van der Waals surface area (Å²) in [5, 5.41) is 8.89. The van der Waals surface area contributed by atoms with Crippen molar-refractivity contribution in [2.75, 3.05) is 33.2 Å². The summed E-state index contributed by atoms with van der Waals surface area (Å²) in [6, 6.07) is 12.9. The summed E-state index contributed by atoms with van der Waals surface area (Å²) < 4.78 is 0. The van der Waals surface area contributed by atoms with E-state index in [4.69, 9.17) is 5.26 Å². The summed E-state index contributed by atoms with van der Waals surface area (Å²) in [5.41, 5.74) is 1.36. The van der Waals surface area contributed by atoms with Crippen LogP contribution in [-0.4, -0.2) is 43.0 Å². The van der Waals surface area contributed by atoms with Crippen molar-refractivity contribution < 1.29 is 0 Å². The molecule has 1 aliphatic rings. The molecule has 1 aromatic rings. The molecule has 3 heteroatoms. The fraction of sp³-hybridized carbons (Fsp3) is 0.533. The van der Waals surface area contributed by atoms with Crippen molar-refractivity contribution in [1.82, 2.24) is 9.80 Å². The molecule has 0 radical (unpaired) electrons. The van der Waals surface area contributed by atoms with Gasteiger partial charge in [0.2, 0.25) is 0 Å². The van der Waals surface area contributed by atoms with Gasteiger partial charge in [-0.05, 0) is 18.5 Å². The maximum absolute atomic E-state index is 8.89. The maximum atomic E-state index is 8.89. The van der Waals surface area contributed by atoms with Crippen LogP contribution in [0.15, 0.2) is 30.3 Å². The molecule has 0 aromatic heterocycles. The van der Waals surface area contributed by atoms with E-state index < -0.39 is 0 Å². The number of hydrogen-bond donors (Lipinski definition) is 0. The number of nitriles is 1. The van der Waals surface area contributed by atoms with Crippen LogP contribution in [0.4, 0.5) is 0 Å². The molecule has 0 bridgehead atoms. The summed E-state index contributed by atoms with van der Waals surface area (Å²) in [4.78, 5) is 4.81. The minimum absolute atomic E-state index is 0.478. The Kier molecular flexibility index (Phi) is 4.74. The van der Waals surface area contributed by atoms with Crippen LogP contribution >= 0.6 is 0 Å². The summed E-state index contributed by atoms with van der Waals surface area (Å²) >= 11 is 0. The highest BCUT2D eigenvalue weighted by Gasteiger charge is 2.20. The monoisotopic (exact) mass is 243 g/mol. The van der Waals surface area contributed by atoms with Gasteiger partial charge in [-0.15, -0.1) is 0 Å². The zero-order chi connectivity index (χ0) is 12.8. The molecule has 1 unspecified atom stereocenters. The van der Waals surface area contributed by atoms with Gasteiger partial charge in [0, 0.05) is 39.1 Å². The Morgan fingerprint density at radius 3 is 2.72 bits per heavy atom. The number of benzene rings is 1. The molecule has 18 heavy (non-hydrogen) atoms. The van der Waals surface area contributed by atoms with Crippen LogP contribution in [0.3, 0.4) is 0 Å². The Labute approximate surface area is 110 Å². The van der Waals surface area contributed by atoms with E-state index in [-0.39, 0.29) is 0 Å². The predicted octanol–water partition coefficient (Wildman–Crippen LogP) is 1.96. The second-order valence-corrected chi connectivity index (χ2v) is 5.21. The molecule has 0 amide bonds. The standard InChI is InChI=1S/C15H21N3/c1-17-9-10-18(13-15(11-17)7-8-16)12-14-5-3-2-4-6-14/h2-6,15H,7,9-13H2,1H3. The van der Waals surface area contributed by atoms with Gasteiger partial charge in [0.1, 0.15) is 0 Å². The third-order valence-electron chi connectivity index (χ3n) is 3.51. The smallest absolute Gasteiger partial charge is 0.0625 e. The largest absolute Gasteiger partial charge is 0.305 e. The summed E-state index contributed by atoms with van der Waals surface area (Å²) in [5.74, 6) is 0.478. The highest BCUT2D eigenvalue weighted by atomic mass is 15.2. The second-order valence-electron chi connectivity index (χ2n) is 5.21. The zero-order valence-electron chi connectivity index (χ0n) is 11.0. The lowest BCUT2D eigenvalue weighted by Crippen LogP contribution is -2.29. The van der Waals surface area contributed by atoms with Gasteiger partial charge in [0.25, 0.3) is 0 Å². The summed E-state index contributed by atoms with van der Waals surface area (Å²) in [7, 11) is 2.15. The normalized spacial score (nSPS) is 22.3. The lowest BCUT2D eigenvalue weighted by atomic mass is 10.1. The first-order chi connectivity index (χ1) is 8.78. The van der Waals surface area contributed by atoms with Gasteiger partial charge in [0.05, 0.1) is 6.07 Å². The quantitative estimate of drug-likeness (QED) is 0.813. The van der Waals surface area contributed by atoms with E-state index in [2.05, 4.69) is 53.2 Å². The van der Waals surface area contributed by atoms with Crippen molar-refractivity contribution in [2.45, 2.75) is 13.0 Å². The molecular weight excluding hydrogens is 222 g/mol. The van der Waals surface area contributed by atoms with E-state index in [1.807, 2.05) is 0 Å².